The lowest BCUT2D eigenvalue weighted by atomic mass is 10.1. The number of ether oxygens (including phenoxy) is 1. The van der Waals surface area contributed by atoms with Crippen LogP contribution in [-0.4, -0.2) is 48.9 Å². The highest BCUT2D eigenvalue weighted by molar-refractivity contribution is 7.91. The molecule has 1 aliphatic heterocycles. The van der Waals surface area contributed by atoms with E-state index in [1.807, 2.05) is 0 Å². The molecule has 3 rings (SSSR count). The summed E-state index contributed by atoms with van der Waals surface area (Å²) in [7, 11) is -3.12. The molecule has 2 heterocycles. The zero-order valence-corrected chi connectivity index (χ0v) is 14.8. The van der Waals surface area contributed by atoms with E-state index in [0.29, 0.717) is 17.2 Å². The number of hydrogen-bond acceptors (Lipinski definition) is 6. The number of pyridine rings is 1. The van der Waals surface area contributed by atoms with Crippen molar-refractivity contribution in [2.75, 3.05) is 11.5 Å². The Morgan fingerprint density at radius 1 is 1.31 bits per heavy atom. The van der Waals surface area contributed by atoms with Crippen LogP contribution < -0.4 is 10.9 Å². The summed E-state index contributed by atoms with van der Waals surface area (Å²) >= 11 is 0. The monoisotopic (exact) mass is 378 g/mol. The maximum atomic E-state index is 12.2. The van der Waals surface area contributed by atoms with Crippen molar-refractivity contribution in [2.24, 2.45) is 0 Å². The number of carbonyl (C=O) groups is 2. The molecule has 1 aliphatic rings. The summed E-state index contributed by atoms with van der Waals surface area (Å²) in [5.74, 6) is -1.50. The lowest BCUT2D eigenvalue weighted by Crippen LogP contribution is -2.42. The molecule has 0 unspecified atom stereocenters. The minimum Gasteiger partial charge on any atom is -0.448 e. The standard InChI is InChI=1S/C17H18N2O6S/c1-10(15(20)18-12-6-7-26(23,24)9-12)25-17(22)14-8-11-4-2-3-5-13(11)16(21)19-14/h2-5,8,10,12H,6-7,9H2,1H3,(H,18,20)(H,19,21)/t10-,12+/m1/s1. The molecule has 2 aromatic rings. The summed E-state index contributed by atoms with van der Waals surface area (Å²) in [5.41, 5.74) is -0.486. The van der Waals surface area contributed by atoms with E-state index in [1.165, 1.54) is 13.0 Å². The van der Waals surface area contributed by atoms with Crippen LogP contribution in [0.2, 0.25) is 0 Å². The van der Waals surface area contributed by atoms with Crippen LogP contribution in [-0.2, 0) is 19.4 Å². The number of aromatic nitrogens is 1. The van der Waals surface area contributed by atoms with Gasteiger partial charge < -0.3 is 15.0 Å². The third-order valence-corrected chi connectivity index (χ3v) is 5.97. The second-order valence-corrected chi connectivity index (χ2v) is 8.48. The molecule has 0 radical (unpaired) electrons. The van der Waals surface area contributed by atoms with E-state index in [9.17, 15) is 22.8 Å². The molecule has 9 heteroatoms. The number of sulfone groups is 1. The summed E-state index contributed by atoms with van der Waals surface area (Å²) in [5, 5.41) is 3.59. The van der Waals surface area contributed by atoms with E-state index in [0.717, 1.165) is 0 Å². The fourth-order valence-corrected chi connectivity index (χ4v) is 4.50. The van der Waals surface area contributed by atoms with Gasteiger partial charge in [0.15, 0.2) is 15.9 Å². The molecule has 1 fully saturated rings. The van der Waals surface area contributed by atoms with Crippen molar-refractivity contribution < 1.29 is 22.7 Å². The molecule has 1 aromatic carbocycles. The number of fused-ring (bicyclic) bond motifs is 1. The van der Waals surface area contributed by atoms with Crippen LogP contribution >= 0.6 is 0 Å². The number of benzene rings is 1. The fourth-order valence-electron chi connectivity index (χ4n) is 2.83. The van der Waals surface area contributed by atoms with Crippen molar-refractivity contribution >= 4 is 32.5 Å². The molecule has 1 aromatic heterocycles. The Balaban J connectivity index is 1.67. The minimum atomic E-state index is -3.12. The van der Waals surface area contributed by atoms with E-state index in [4.69, 9.17) is 4.74 Å². The van der Waals surface area contributed by atoms with Crippen LogP contribution in [0.15, 0.2) is 35.1 Å². The van der Waals surface area contributed by atoms with E-state index < -0.39 is 39.4 Å². The van der Waals surface area contributed by atoms with Gasteiger partial charge in [0, 0.05) is 11.4 Å². The smallest absolute Gasteiger partial charge is 0.355 e. The average molecular weight is 378 g/mol. The number of aromatic amines is 1. The van der Waals surface area contributed by atoms with Crippen LogP contribution in [0.3, 0.4) is 0 Å². The summed E-state index contributed by atoms with van der Waals surface area (Å²) in [6.07, 6.45) is -0.784. The Morgan fingerprint density at radius 3 is 2.73 bits per heavy atom. The lowest BCUT2D eigenvalue weighted by Gasteiger charge is -2.16. The molecular formula is C17H18N2O6S. The Bertz CT molecular complexity index is 1030. The van der Waals surface area contributed by atoms with Crippen molar-refractivity contribution in [3.63, 3.8) is 0 Å². The Kier molecular flexibility index (Phi) is 4.82. The third kappa shape index (κ3) is 3.93. The van der Waals surface area contributed by atoms with Gasteiger partial charge in [-0.2, -0.15) is 0 Å². The molecule has 1 saturated heterocycles. The fraction of sp³-hybridized carbons (Fsp3) is 0.353. The second-order valence-electron chi connectivity index (χ2n) is 6.26. The largest absolute Gasteiger partial charge is 0.448 e. The molecule has 8 nitrogen and oxygen atoms in total. The maximum Gasteiger partial charge on any atom is 0.355 e. The van der Waals surface area contributed by atoms with Crippen molar-refractivity contribution in [1.82, 2.24) is 10.3 Å². The molecule has 2 N–H and O–H groups in total. The summed E-state index contributed by atoms with van der Waals surface area (Å²) in [4.78, 5) is 38.8. The third-order valence-electron chi connectivity index (χ3n) is 4.21. The van der Waals surface area contributed by atoms with Crippen LogP contribution in [0, 0.1) is 0 Å². The van der Waals surface area contributed by atoms with Gasteiger partial charge in [-0.15, -0.1) is 0 Å². The first-order chi connectivity index (χ1) is 12.2. The number of amides is 1. The number of esters is 1. The summed E-state index contributed by atoms with van der Waals surface area (Å²) < 4.78 is 27.9. The number of H-pyrrole nitrogens is 1. The predicted octanol–water partition coefficient (Wildman–Crippen LogP) is 0.377. The normalized spacial score (nSPS) is 19.8. The molecule has 0 saturated carbocycles. The van der Waals surface area contributed by atoms with Crippen LogP contribution in [0.1, 0.15) is 23.8 Å². The highest BCUT2D eigenvalue weighted by atomic mass is 32.2. The van der Waals surface area contributed by atoms with Gasteiger partial charge in [0.1, 0.15) is 5.69 Å². The van der Waals surface area contributed by atoms with Crippen LogP contribution in [0.5, 0.6) is 0 Å². The quantitative estimate of drug-likeness (QED) is 0.742. The Labute approximate surface area is 149 Å². The topological polar surface area (TPSA) is 122 Å². The molecule has 138 valence electrons. The van der Waals surface area contributed by atoms with Gasteiger partial charge in [0.05, 0.1) is 11.5 Å². The Morgan fingerprint density at radius 2 is 2.04 bits per heavy atom. The van der Waals surface area contributed by atoms with Crippen LogP contribution in [0.4, 0.5) is 0 Å². The molecule has 1 amide bonds. The highest BCUT2D eigenvalue weighted by Gasteiger charge is 2.30. The number of hydrogen-bond donors (Lipinski definition) is 2. The first kappa shape index (κ1) is 18.1. The van der Waals surface area contributed by atoms with Gasteiger partial charge in [0.25, 0.3) is 11.5 Å². The van der Waals surface area contributed by atoms with Crippen molar-refractivity contribution in [2.45, 2.75) is 25.5 Å². The van der Waals surface area contributed by atoms with E-state index in [1.54, 1.807) is 24.3 Å². The van der Waals surface area contributed by atoms with E-state index in [-0.39, 0.29) is 17.2 Å². The molecule has 2 atom stereocenters. The van der Waals surface area contributed by atoms with Crippen molar-refractivity contribution in [3.05, 3.63) is 46.4 Å². The zero-order valence-electron chi connectivity index (χ0n) is 14.0. The van der Waals surface area contributed by atoms with E-state index in [2.05, 4.69) is 10.3 Å². The first-order valence-corrected chi connectivity index (χ1v) is 9.91. The summed E-state index contributed by atoms with van der Waals surface area (Å²) in [6.45, 7) is 1.38. The average Bonchev–Trinajstić information content (AvgIpc) is 2.93. The van der Waals surface area contributed by atoms with Gasteiger partial charge >= 0.3 is 5.97 Å². The lowest BCUT2D eigenvalue weighted by molar-refractivity contribution is -0.129. The van der Waals surface area contributed by atoms with Crippen molar-refractivity contribution in [1.29, 1.82) is 0 Å². The first-order valence-electron chi connectivity index (χ1n) is 8.09. The Hall–Kier alpha value is -2.68. The predicted molar refractivity (Wildman–Crippen MR) is 94.6 cm³/mol. The van der Waals surface area contributed by atoms with Crippen LogP contribution in [0.25, 0.3) is 10.8 Å². The molecule has 0 spiro atoms. The van der Waals surface area contributed by atoms with Gasteiger partial charge in [0.2, 0.25) is 0 Å². The highest BCUT2D eigenvalue weighted by Crippen LogP contribution is 2.13. The van der Waals surface area contributed by atoms with Gasteiger partial charge in [-0.1, -0.05) is 18.2 Å². The second kappa shape index (κ2) is 6.91. The maximum absolute atomic E-state index is 12.2. The minimum absolute atomic E-state index is 0.0322. The number of nitrogens with one attached hydrogen (secondary N) is 2. The molecule has 0 aliphatic carbocycles. The number of rotatable bonds is 4. The van der Waals surface area contributed by atoms with Gasteiger partial charge in [-0.05, 0) is 30.9 Å². The summed E-state index contributed by atoms with van der Waals surface area (Å²) in [6, 6.07) is 7.78. The van der Waals surface area contributed by atoms with E-state index >= 15 is 0 Å². The SMILES string of the molecule is C[C@@H](OC(=O)c1cc2ccccc2c(=O)[nH]1)C(=O)N[C@H]1CCS(=O)(=O)C1. The molecular weight excluding hydrogens is 360 g/mol. The van der Waals surface area contributed by atoms with Crippen molar-refractivity contribution in [3.8, 4) is 0 Å². The van der Waals surface area contributed by atoms with Gasteiger partial charge in [-0.25, -0.2) is 13.2 Å². The molecule has 0 bridgehead atoms. The van der Waals surface area contributed by atoms with Gasteiger partial charge in [-0.3, -0.25) is 9.59 Å². The molecule has 26 heavy (non-hydrogen) atoms. The zero-order chi connectivity index (χ0) is 18.9. The number of carbonyl (C=O) groups excluding carboxylic acids is 2.